The molecule has 1 aliphatic carbocycles. The molecule has 0 fully saturated rings. The van der Waals surface area contributed by atoms with Gasteiger partial charge in [0.1, 0.15) is 6.10 Å². The van der Waals surface area contributed by atoms with Crippen LogP contribution in [0.25, 0.3) is 0 Å². The highest BCUT2D eigenvalue weighted by atomic mass is 16.3. The normalized spacial score (nSPS) is 27.3. The predicted octanol–water partition coefficient (Wildman–Crippen LogP) is 2.60. The number of ketones is 1. The van der Waals surface area contributed by atoms with Gasteiger partial charge in [-0.2, -0.15) is 0 Å². The van der Waals surface area contributed by atoms with E-state index >= 15 is 0 Å². The highest BCUT2D eigenvalue weighted by molar-refractivity contribution is 6.00. The van der Waals surface area contributed by atoms with Crippen molar-refractivity contribution in [2.24, 2.45) is 5.41 Å². The van der Waals surface area contributed by atoms with Gasteiger partial charge in [-0.3, -0.25) is 4.79 Å². The number of Topliss-reactive ketones (excluding diaryl/α,β-unsaturated/α-hetero) is 1. The fourth-order valence-electron chi connectivity index (χ4n) is 2.70. The Morgan fingerprint density at radius 2 is 2.00 bits per heavy atom. The Labute approximate surface area is 110 Å². The van der Waals surface area contributed by atoms with Crippen molar-refractivity contribution in [2.45, 2.75) is 72.0 Å². The third kappa shape index (κ3) is 3.21. The average Bonchev–Trinajstić information content (AvgIpc) is 2.25. The van der Waals surface area contributed by atoms with Crippen LogP contribution in [0.3, 0.4) is 0 Å². The van der Waals surface area contributed by atoms with E-state index in [4.69, 9.17) is 0 Å². The lowest BCUT2D eigenvalue weighted by molar-refractivity contribution is -0.125. The van der Waals surface area contributed by atoms with Crippen molar-refractivity contribution in [2.75, 3.05) is 0 Å². The maximum absolute atomic E-state index is 11.8. The minimum atomic E-state index is -0.865. The second kappa shape index (κ2) is 5.14. The maximum atomic E-state index is 11.8. The first-order chi connectivity index (χ1) is 8.10. The van der Waals surface area contributed by atoms with E-state index < -0.39 is 11.7 Å². The highest BCUT2D eigenvalue weighted by Crippen LogP contribution is 2.42. The number of carbonyl (C=O) groups is 1. The third-order valence-corrected chi connectivity index (χ3v) is 4.32. The summed E-state index contributed by atoms with van der Waals surface area (Å²) in [4.78, 5) is 11.8. The summed E-state index contributed by atoms with van der Waals surface area (Å²) >= 11 is 0. The van der Waals surface area contributed by atoms with Gasteiger partial charge >= 0.3 is 0 Å². The van der Waals surface area contributed by atoms with Crippen molar-refractivity contribution in [1.82, 2.24) is 0 Å². The lowest BCUT2D eigenvalue weighted by atomic mass is 9.69. The Hall–Kier alpha value is -0.670. The van der Waals surface area contributed by atoms with E-state index in [-0.39, 0.29) is 11.2 Å². The molecule has 0 radical (unpaired) electrons. The Kier molecular flexibility index (Phi) is 4.39. The van der Waals surface area contributed by atoms with E-state index in [2.05, 4.69) is 13.8 Å². The molecule has 2 N–H and O–H groups in total. The van der Waals surface area contributed by atoms with Crippen LogP contribution in [0.4, 0.5) is 0 Å². The molecule has 0 heterocycles. The molecule has 0 aliphatic heterocycles. The Bertz CT molecular complexity index is 364. The molecule has 3 heteroatoms. The van der Waals surface area contributed by atoms with Crippen molar-refractivity contribution in [3.8, 4) is 0 Å². The molecule has 0 aromatic heterocycles. The average molecular weight is 254 g/mol. The molecular formula is C15H26O3. The summed E-state index contributed by atoms with van der Waals surface area (Å²) in [6.07, 6.45) is 1.69. The molecule has 0 aromatic rings. The molecule has 0 amide bonds. The van der Waals surface area contributed by atoms with Gasteiger partial charge in [-0.05, 0) is 50.5 Å². The summed E-state index contributed by atoms with van der Waals surface area (Å²) in [5.41, 5.74) is 0.932. The van der Waals surface area contributed by atoms with Crippen LogP contribution < -0.4 is 0 Å². The topological polar surface area (TPSA) is 57.5 Å². The summed E-state index contributed by atoms with van der Waals surface area (Å²) < 4.78 is 0. The smallest absolute Gasteiger partial charge is 0.186 e. The van der Waals surface area contributed by atoms with Crippen LogP contribution in [0.5, 0.6) is 0 Å². The van der Waals surface area contributed by atoms with Crippen molar-refractivity contribution >= 4 is 5.78 Å². The first-order valence-corrected chi connectivity index (χ1v) is 6.75. The molecule has 0 saturated heterocycles. The summed E-state index contributed by atoms with van der Waals surface area (Å²) in [5.74, 6) is -0.152. The van der Waals surface area contributed by atoms with E-state index in [1.807, 2.05) is 13.8 Å². The molecule has 2 atom stereocenters. The third-order valence-electron chi connectivity index (χ3n) is 4.32. The Morgan fingerprint density at radius 1 is 1.44 bits per heavy atom. The molecule has 3 nitrogen and oxygen atoms in total. The lowest BCUT2D eigenvalue weighted by Crippen LogP contribution is -2.37. The number of carbonyl (C=O) groups excluding carboxylic acids is 1. The van der Waals surface area contributed by atoms with E-state index in [1.54, 1.807) is 6.92 Å². The fraction of sp³-hybridized carbons (Fsp3) is 0.800. The molecule has 1 aliphatic rings. The van der Waals surface area contributed by atoms with Crippen LogP contribution in [-0.4, -0.2) is 27.7 Å². The molecule has 0 bridgehead atoms. The van der Waals surface area contributed by atoms with E-state index in [9.17, 15) is 15.0 Å². The molecule has 2 unspecified atom stereocenters. The predicted molar refractivity (Wildman–Crippen MR) is 72.3 cm³/mol. The van der Waals surface area contributed by atoms with Crippen molar-refractivity contribution < 1.29 is 15.0 Å². The van der Waals surface area contributed by atoms with Gasteiger partial charge in [0, 0.05) is 0 Å². The number of hydrogen-bond acceptors (Lipinski definition) is 3. The summed E-state index contributed by atoms with van der Waals surface area (Å²) in [7, 11) is 0. The SMILES string of the molecule is CCC(C)(O)CCC1=C(C)C(=O)C(O)CC1(C)C. The highest BCUT2D eigenvalue weighted by Gasteiger charge is 2.38. The largest absolute Gasteiger partial charge is 0.390 e. The first-order valence-electron chi connectivity index (χ1n) is 6.75. The Morgan fingerprint density at radius 3 is 2.50 bits per heavy atom. The fourth-order valence-corrected chi connectivity index (χ4v) is 2.70. The van der Waals surface area contributed by atoms with E-state index in [1.165, 1.54) is 0 Å². The molecule has 18 heavy (non-hydrogen) atoms. The van der Waals surface area contributed by atoms with Crippen LogP contribution in [0, 0.1) is 5.41 Å². The number of allylic oxidation sites excluding steroid dienone is 1. The zero-order valence-electron chi connectivity index (χ0n) is 12.2. The number of hydrogen-bond donors (Lipinski definition) is 2. The summed E-state index contributed by atoms with van der Waals surface area (Å²) in [6, 6.07) is 0. The van der Waals surface area contributed by atoms with Gasteiger partial charge in [0.2, 0.25) is 0 Å². The quantitative estimate of drug-likeness (QED) is 0.810. The van der Waals surface area contributed by atoms with Crippen molar-refractivity contribution in [1.29, 1.82) is 0 Å². The van der Waals surface area contributed by atoms with Crippen LogP contribution in [0.2, 0.25) is 0 Å². The second-order valence-corrected chi connectivity index (χ2v) is 6.42. The van der Waals surface area contributed by atoms with Crippen LogP contribution >= 0.6 is 0 Å². The van der Waals surface area contributed by atoms with Gasteiger partial charge in [0.25, 0.3) is 0 Å². The molecule has 0 aromatic carbocycles. The minimum Gasteiger partial charge on any atom is -0.390 e. The Balaban J connectivity index is 2.93. The monoisotopic (exact) mass is 254 g/mol. The maximum Gasteiger partial charge on any atom is 0.186 e. The summed E-state index contributed by atoms with van der Waals surface area (Å²) in [5, 5.41) is 19.8. The number of aliphatic hydroxyl groups excluding tert-OH is 1. The minimum absolute atomic E-state index is 0.152. The van der Waals surface area contributed by atoms with E-state index in [0.29, 0.717) is 24.8 Å². The van der Waals surface area contributed by atoms with Gasteiger partial charge in [0.15, 0.2) is 5.78 Å². The number of rotatable bonds is 4. The van der Waals surface area contributed by atoms with Gasteiger partial charge in [-0.1, -0.05) is 26.3 Å². The van der Waals surface area contributed by atoms with Gasteiger partial charge in [-0.25, -0.2) is 0 Å². The molecule has 0 saturated carbocycles. The van der Waals surface area contributed by atoms with E-state index in [0.717, 1.165) is 12.0 Å². The van der Waals surface area contributed by atoms with Crippen LogP contribution in [0.15, 0.2) is 11.1 Å². The lowest BCUT2D eigenvalue weighted by Gasteiger charge is -2.37. The molecule has 104 valence electrons. The van der Waals surface area contributed by atoms with Crippen molar-refractivity contribution in [3.05, 3.63) is 11.1 Å². The van der Waals surface area contributed by atoms with Crippen molar-refractivity contribution in [3.63, 3.8) is 0 Å². The standard InChI is InChI=1S/C15H26O3/c1-6-15(5,18)8-7-11-10(2)13(17)12(16)9-14(11,3)4/h12,16,18H,6-9H2,1-5H3. The van der Waals surface area contributed by atoms with Crippen LogP contribution in [-0.2, 0) is 4.79 Å². The van der Waals surface area contributed by atoms with Gasteiger partial charge < -0.3 is 10.2 Å². The summed E-state index contributed by atoms with van der Waals surface area (Å²) in [6.45, 7) is 9.70. The first kappa shape index (κ1) is 15.4. The molecular weight excluding hydrogens is 228 g/mol. The number of aliphatic hydroxyl groups is 2. The molecule has 1 rings (SSSR count). The van der Waals surface area contributed by atoms with Gasteiger partial charge in [-0.15, -0.1) is 0 Å². The van der Waals surface area contributed by atoms with Gasteiger partial charge in [0.05, 0.1) is 5.60 Å². The zero-order chi connectivity index (χ0) is 14.1. The molecule has 0 spiro atoms. The second-order valence-electron chi connectivity index (χ2n) is 6.42. The van der Waals surface area contributed by atoms with Crippen LogP contribution in [0.1, 0.15) is 60.3 Å². The zero-order valence-corrected chi connectivity index (χ0v) is 12.2.